The molecular formula is C6H4N6O5. The van der Waals surface area contributed by atoms with Gasteiger partial charge in [0.1, 0.15) is 0 Å². The van der Waals surface area contributed by atoms with E-state index in [0.29, 0.717) is 0 Å². The lowest BCUT2D eigenvalue weighted by atomic mass is 10.6. The molecule has 0 unspecified atom stereocenters. The zero-order valence-corrected chi connectivity index (χ0v) is 7.98. The largest absolute Gasteiger partial charge is 0.426 e. The van der Waals surface area contributed by atoms with Crippen molar-refractivity contribution in [2.45, 2.75) is 0 Å². The number of ether oxygens (including phenoxy) is 1. The monoisotopic (exact) mass is 240 g/mol. The van der Waals surface area contributed by atoms with Gasteiger partial charge in [0, 0.05) is 0 Å². The van der Waals surface area contributed by atoms with Crippen LogP contribution in [0.3, 0.4) is 0 Å². The first-order valence-corrected chi connectivity index (χ1v) is 4.13. The minimum atomic E-state index is -0.784. The van der Waals surface area contributed by atoms with Gasteiger partial charge in [-0.2, -0.15) is 0 Å². The number of aromatic amines is 2. The molecule has 2 aromatic heterocycles. The molecule has 2 N–H and O–H groups in total. The van der Waals surface area contributed by atoms with Gasteiger partial charge in [-0.25, -0.2) is 0 Å². The molecular weight excluding hydrogens is 236 g/mol. The molecule has 2 heterocycles. The minimum Gasteiger partial charge on any atom is -0.408 e. The SMILES string of the molecule is O=[N+]([O-])c1nc[nH]c1Oc1[nH]cnc1[N+](=O)[O-]. The number of imidazole rings is 2. The Morgan fingerprint density at radius 2 is 1.41 bits per heavy atom. The topological polar surface area (TPSA) is 153 Å². The Labute approximate surface area is 91.8 Å². The van der Waals surface area contributed by atoms with Crippen LogP contribution in [0.2, 0.25) is 0 Å². The first-order valence-electron chi connectivity index (χ1n) is 4.13. The summed E-state index contributed by atoms with van der Waals surface area (Å²) in [6.45, 7) is 0. The highest BCUT2D eigenvalue weighted by Crippen LogP contribution is 2.30. The molecule has 0 aliphatic rings. The van der Waals surface area contributed by atoms with Gasteiger partial charge in [-0.15, -0.1) is 0 Å². The summed E-state index contributed by atoms with van der Waals surface area (Å²) in [5, 5.41) is 21.0. The number of nitrogens with zero attached hydrogens (tertiary/aromatic N) is 4. The van der Waals surface area contributed by atoms with Crippen LogP contribution in [0.4, 0.5) is 11.6 Å². The van der Waals surface area contributed by atoms with Crippen LogP contribution in [0.5, 0.6) is 11.8 Å². The maximum atomic E-state index is 10.5. The number of rotatable bonds is 4. The average molecular weight is 240 g/mol. The second-order valence-electron chi connectivity index (χ2n) is 2.73. The van der Waals surface area contributed by atoms with Gasteiger partial charge >= 0.3 is 23.4 Å². The lowest BCUT2D eigenvalue weighted by Gasteiger charge is -1.98. The number of nitro groups is 2. The third-order valence-corrected chi connectivity index (χ3v) is 1.72. The molecule has 11 heteroatoms. The summed E-state index contributed by atoms with van der Waals surface area (Å²) in [4.78, 5) is 30.9. The van der Waals surface area contributed by atoms with E-state index < -0.39 is 21.5 Å². The molecule has 0 saturated heterocycles. The summed E-state index contributed by atoms with van der Waals surface area (Å²) in [6.07, 6.45) is 2.07. The van der Waals surface area contributed by atoms with Crippen molar-refractivity contribution >= 4 is 11.6 Å². The molecule has 0 aromatic carbocycles. The fourth-order valence-electron chi connectivity index (χ4n) is 1.06. The zero-order chi connectivity index (χ0) is 12.4. The predicted octanol–water partition coefficient (Wildman–Crippen LogP) is 0.741. The van der Waals surface area contributed by atoms with Crippen molar-refractivity contribution in [3.05, 3.63) is 32.9 Å². The molecule has 0 aliphatic carbocycles. The number of H-pyrrole nitrogens is 2. The molecule has 0 bridgehead atoms. The van der Waals surface area contributed by atoms with Crippen LogP contribution in [0.25, 0.3) is 0 Å². The molecule has 2 rings (SSSR count). The molecule has 0 atom stereocenters. The quantitative estimate of drug-likeness (QED) is 0.589. The maximum absolute atomic E-state index is 10.5. The Hall–Kier alpha value is -2.98. The fraction of sp³-hybridized carbons (Fsp3) is 0. The Morgan fingerprint density at radius 3 is 1.76 bits per heavy atom. The van der Waals surface area contributed by atoms with Crippen LogP contribution in [-0.4, -0.2) is 29.8 Å². The molecule has 0 fully saturated rings. The first-order chi connectivity index (χ1) is 8.09. The standard InChI is InChI=1S/C6H4N6O5/c13-11(14)3-5(9-1-7-3)17-6-4(12(15)16)8-2-10-6/h1-2H,(H,7,9)(H,8,10). The molecule has 0 spiro atoms. The summed E-state index contributed by atoms with van der Waals surface area (Å²) in [5.41, 5.74) is 0. The van der Waals surface area contributed by atoms with Gasteiger partial charge in [-0.05, 0) is 19.8 Å². The first kappa shape index (κ1) is 10.5. The second kappa shape index (κ2) is 3.88. The Morgan fingerprint density at radius 1 is 1.00 bits per heavy atom. The third-order valence-electron chi connectivity index (χ3n) is 1.72. The van der Waals surface area contributed by atoms with Crippen molar-refractivity contribution in [1.82, 2.24) is 19.9 Å². The van der Waals surface area contributed by atoms with Crippen molar-refractivity contribution in [3.8, 4) is 11.8 Å². The number of hydrogen-bond acceptors (Lipinski definition) is 7. The molecule has 0 radical (unpaired) electrons. The molecule has 11 nitrogen and oxygen atoms in total. The van der Waals surface area contributed by atoms with Gasteiger partial charge in [-0.1, -0.05) is 0 Å². The third kappa shape index (κ3) is 1.88. The summed E-state index contributed by atoms with van der Waals surface area (Å²) < 4.78 is 4.92. The zero-order valence-electron chi connectivity index (χ0n) is 7.98. The lowest BCUT2D eigenvalue weighted by molar-refractivity contribution is -0.392. The van der Waals surface area contributed by atoms with Gasteiger partial charge in [-0.3, -0.25) is 9.97 Å². The van der Waals surface area contributed by atoms with Crippen LogP contribution < -0.4 is 4.74 Å². The van der Waals surface area contributed by atoms with Crippen LogP contribution in [0, 0.1) is 20.2 Å². The van der Waals surface area contributed by atoms with Crippen molar-refractivity contribution in [3.63, 3.8) is 0 Å². The number of aromatic nitrogens is 4. The maximum Gasteiger partial charge on any atom is 0.426 e. The van der Waals surface area contributed by atoms with E-state index in [2.05, 4.69) is 19.9 Å². The van der Waals surface area contributed by atoms with E-state index in [-0.39, 0.29) is 11.8 Å². The second-order valence-corrected chi connectivity index (χ2v) is 2.73. The van der Waals surface area contributed by atoms with E-state index in [1.54, 1.807) is 0 Å². The smallest absolute Gasteiger partial charge is 0.408 e. The van der Waals surface area contributed by atoms with Crippen LogP contribution in [0.15, 0.2) is 12.7 Å². The van der Waals surface area contributed by atoms with Crippen molar-refractivity contribution in [2.24, 2.45) is 0 Å². The Kier molecular flexibility index (Phi) is 2.40. The number of hydrogen-bond donors (Lipinski definition) is 2. The van der Waals surface area contributed by atoms with Gasteiger partial charge in [0.05, 0.1) is 0 Å². The van der Waals surface area contributed by atoms with Gasteiger partial charge in [0.15, 0.2) is 0 Å². The van der Waals surface area contributed by atoms with Gasteiger partial charge < -0.3 is 25.0 Å². The Bertz CT molecular complexity index is 523. The van der Waals surface area contributed by atoms with E-state index in [0.717, 1.165) is 12.7 Å². The van der Waals surface area contributed by atoms with Crippen LogP contribution in [0.1, 0.15) is 0 Å². The van der Waals surface area contributed by atoms with E-state index in [1.807, 2.05) is 0 Å². The van der Waals surface area contributed by atoms with E-state index in [1.165, 1.54) is 0 Å². The van der Waals surface area contributed by atoms with Gasteiger partial charge in [0.2, 0.25) is 12.7 Å². The summed E-state index contributed by atoms with van der Waals surface area (Å²) >= 11 is 0. The highest BCUT2D eigenvalue weighted by Gasteiger charge is 2.25. The summed E-state index contributed by atoms with van der Waals surface area (Å²) in [5.74, 6) is -1.78. The van der Waals surface area contributed by atoms with Crippen molar-refractivity contribution < 1.29 is 14.6 Å². The van der Waals surface area contributed by atoms with Crippen LogP contribution >= 0.6 is 0 Å². The van der Waals surface area contributed by atoms with E-state index in [4.69, 9.17) is 4.74 Å². The molecule has 17 heavy (non-hydrogen) atoms. The lowest BCUT2D eigenvalue weighted by Crippen LogP contribution is -1.95. The number of nitrogens with one attached hydrogen (secondary N) is 2. The summed E-state index contributed by atoms with van der Waals surface area (Å²) in [6, 6.07) is 0. The normalized spacial score (nSPS) is 10.1. The molecule has 88 valence electrons. The van der Waals surface area contributed by atoms with Crippen molar-refractivity contribution in [2.75, 3.05) is 0 Å². The molecule has 2 aromatic rings. The molecule has 0 aliphatic heterocycles. The van der Waals surface area contributed by atoms with E-state index in [9.17, 15) is 20.2 Å². The minimum absolute atomic E-state index is 0.317. The fourth-order valence-corrected chi connectivity index (χ4v) is 1.06. The Balaban J connectivity index is 2.32. The average Bonchev–Trinajstić information content (AvgIpc) is 2.86. The van der Waals surface area contributed by atoms with E-state index >= 15 is 0 Å². The highest BCUT2D eigenvalue weighted by molar-refractivity contribution is 5.40. The van der Waals surface area contributed by atoms with Gasteiger partial charge in [0.25, 0.3) is 0 Å². The predicted molar refractivity (Wildman–Crippen MR) is 50.6 cm³/mol. The van der Waals surface area contributed by atoms with Crippen molar-refractivity contribution in [1.29, 1.82) is 0 Å². The molecule has 0 amide bonds. The highest BCUT2D eigenvalue weighted by atomic mass is 16.6. The van der Waals surface area contributed by atoms with Crippen LogP contribution in [-0.2, 0) is 0 Å². The molecule has 0 saturated carbocycles. The summed E-state index contributed by atoms with van der Waals surface area (Å²) in [7, 11) is 0.